The number of ether oxygens (including phenoxy) is 1. The van der Waals surface area contributed by atoms with Crippen molar-refractivity contribution < 1.29 is 4.74 Å². The molecule has 0 N–H and O–H groups in total. The molecule has 2 fully saturated rings. The van der Waals surface area contributed by atoms with Crippen molar-refractivity contribution in [2.45, 2.75) is 102 Å². The van der Waals surface area contributed by atoms with Crippen molar-refractivity contribution in [2.24, 2.45) is 23.7 Å². The first kappa shape index (κ1) is 19.9. The minimum absolute atomic E-state index is 0.109. The number of hydrogen-bond donors (Lipinski definition) is 0. The Morgan fingerprint density at radius 2 is 1.13 bits per heavy atom. The molecule has 0 spiro atoms. The Morgan fingerprint density at radius 3 is 1.43 bits per heavy atom. The van der Waals surface area contributed by atoms with E-state index >= 15 is 0 Å². The number of rotatable bonds is 4. The summed E-state index contributed by atoms with van der Waals surface area (Å²) in [6.45, 7) is 13.6. The van der Waals surface area contributed by atoms with E-state index in [1.807, 2.05) is 0 Å². The van der Waals surface area contributed by atoms with Crippen LogP contribution in [-0.4, -0.2) is 22.0 Å². The fourth-order valence-electron chi connectivity index (χ4n) is 4.70. The first-order chi connectivity index (χ1) is 10.5. The van der Waals surface area contributed by atoms with E-state index in [-0.39, 0.29) is 22.0 Å². The lowest BCUT2D eigenvalue weighted by atomic mass is 9.73. The Morgan fingerprint density at radius 1 is 0.783 bits per heavy atom. The van der Waals surface area contributed by atoms with E-state index in [1.54, 1.807) is 0 Å². The number of hydrogen-bond acceptors (Lipinski definition) is 1. The Bertz CT molecular complexity index is 353. The van der Waals surface area contributed by atoms with Gasteiger partial charge in [-0.15, -0.1) is 23.2 Å². The van der Waals surface area contributed by atoms with Gasteiger partial charge in [-0.25, -0.2) is 0 Å². The largest absolute Gasteiger partial charge is 0.374 e. The second-order valence-corrected chi connectivity index (χ2v) is 11.2. The maximum absolute atomic E-state index is 6.78. The minimum Gasteiger partial charge on any atom is -0.374 e. The smallest absolute Gasteiger partial charge is 0.0626 e. The van der Waals surface area contributed by atoms with Gasteiger partial charge in [0.15, 0.2) is 0 Å². The van der Waals surface area contributed by atoms with Crippen LogP contribution >= 0.6 is 23.2 Å². The maximum Gasteiger partial charge on any atom is 0.0626 e. The van der Waals surface area contributed by atoms with Crippen LogP contribution in [-0.2, 0) is 4.74 Å². The molecule has 1 nitrogen and oxygen atoms in total. The molecule has 2 saturated carbocycles. The lowest BCUT2D eigenvalue weighted by Crippen LogP contribution is -2.47. The summed E-state index contributed by atoms with van der Waals surface area (Å²) in [7, 11) is 0. The predicted molar refractivity (Wildman–Crippen MR) is 102 cm³/mol. The average molecular weight is 363 g/mol. The highest BCUT2D eigenvalue weighted by molar-refractivity contribution is 6.24. The van der Waals surface area contributed by atoms with Crippen LogP contribution in [0.25, 0.3) is 0 Å². The quantitative estimate of drug-likeness (QED) is 0.508. The van der Waals surface area contributed by atoms with Crippen molar-refractivity contribution in [3.63, 3.8) is 0 Å². The summed E-state index contributed by atoms with van der Waals surface area (Å²) in [6, 6.07) is 0. The molecule has 0 aromatic rings. The van der Waals surface area contributed by atoms with Crippen molar-refractivity contribution in [1.82, 2.24) is 0 Å². The second-order valence-electron chi connectivity index (χ2n) is 9.34. The standard InChI is InChI=1S/C20H36Cl2O/c1-13(2)15-7-9-19(5,21)11-17(15)23-18-12-20(6,22)10-8-16(18)14(3)4/h13-18H,7-12H2,1-6H3. The topological polar surface area (TPSA) is 9.23 Å². The van der Waals surface area contributed by atoms with Crippen LogP contribution in [0.15, 0.2) is 0 Å². The van der Waals surface area contributed by atoms with Crippen LogP contribution in [0, 0.1) is 23.7 Å². The molecule has 2 aliphatic carbocycles. The molecule has 0 bridgehead atoms. The minimum atomic E-state index is -0.109. The SMILES string of the molecule is CC(C)C1CCC(C)(Cl)CC1OC1CC(C)(Cl)CCC1C(C)C. The molecular formula is C20H36Cl2O. The summed E-state index contributed by atoms with van der Waals surface area (Å²) in [5.74, 6) is 2.55. The van der Waals surface area contributed by atoms with Crippen LogP contribution in [0.4, 0.5) is 0 Å². The normalized spacial score (nSPS) is 45.7. The summed E-state index contributed by atoms with van der Waals surface area (Å²) in [5.41, 5.74) is 0. The zero-order valence-electron chi connectivity index (χ0n) is 15.9. The molecule has 23 heavy (non-hydrogen) atoms. The third-order valence-electron chi connectivity index (χ3n) is 6.27. The van der Waals surface area contributed by atoms with E-state index in [1.165, 1.54) is 12.8 Å². The van der Waals surface area contributed by atoms with Gasteiger partial charge < -0.3 is 4.74 Å². The third-order valence-corrected chi connectivity index (χ3v) is 6.96. The Kier molecular flexibility index (Phi) is 6.41. The molecule has 6 unspecified atom stereocenters. The van der Waals surface area contributed by atoms with Crippen LogP contribution in [0.2, 0.25) is 0 Å². The van der Waals surface area contributed by atoms with Gasteiger partial charge in [-0.1, -0.05) is 27.7 Å². The van der Waals surface area contributed by atoms with Gasteiger partial charge in [0.25, 0.3) is 0 Å². The van der Waals surface area contributed by atoms with Gasteiger partial charge in [0.05, 0.1) is 12.2 Å². The lowest BCUT2D eigenvalue weighted by molar-refractivity contribution is -0.119. The molecule has 0 amide bonds. The van der Waals surface area contributed by atoms with E-state index in [9.17, 15) is 0 Å². The van der Waals surface area contributed by atoms with E-state index < -0.39 is 0 Å². The summed E-state index contributed by atoms with van der Waals surface area (Å²) in [5, 5.41) is 0. The molecule has 0 aromatic carbocycles. The highest BCUT2D eigenvalue weighted by Crippen LogP contribution is 2.46. The average Bonchev–Trinajstić information content (AvgIpc) is 2.35. The van der Waals surface area contributed by atoms with E-state index in [0.29, 0.717) is 23.7 Å². The zero-order chi connectivity index (χ0) is 17.4. The third kappa shape index (κ3) is 5.25. The van der Waals surface area contributed by atoms with Crippen molar-refractivity contribution in [3.8, 4) is 0 Å². The first-order valence-corrected chi connectivity index (χ1v) is 10.3. The first-order valence-electron chi connectivity index (χ1n) is 9.54. The highest BCUT2D eigenvalue weighted by atomic mass is 35.5. The predicted octanol–water partition coefficient (Wildman–Crippen LogP) is 6.65. The molecule has 3 heteroatoms. The van der Waals surface area contributed by atoms with Crippen molar-refractivity contribution in [3.05, 3.63) is 0 Å². The maximum atomic E-state index is 6.78. The van der Waals surface area contributed by atoms with Gasteiger partial charge in [-0.3, -0.25) is 0 Å². The molecule has 0 saturated heterocycles. The van der Waals surface area contributed by atoms with Gasteiger partial charge in [0.1, 0.15) is 0 Å². The van der Waals surface area contributed by atoms with Crippen molar-refractivity contribution in [1.29, 1.82) is 0 Å². The van der Waals surface area contributed by atoms with Gasteiger partial charge in [0.2, 0.25) is 0 Å². The highest BCUT2D eigenvalue weighted by Gasteiger charge is 2.44. The van der Waals surface area contributed by atoms with E-state index in [4.69, 9.17) is 27.9 Å². The lowest BCUT2D eigenvalue weighted by Gasteiger charge is -2.47. The van der Waals surface area contributed by atoms with Crippen LogP contribution < -0.4 is 0 Å². The Labute approximate surface area is 153 Å². The fraction of sp³-hybridized carbons (Fsp3) is 1.00. The molecule has 6 atom stereocenters. The fourth-order valence-corrected chi connectivity index (χ4v) is 5.22. The Balaban J connectivity index is 2.13. The van der Waals surface area contributed by atoms with Gasteiger partial charge in [-0.05, 0) is 76.0 Å². The van der Waals surface area contributed by atoms with Crippen molar-refractivity contribution >= 4 is 23.2 Å². The summed E-state index contributed by atoms with van der Waals surface area (Å²) in [6.07, 6.45) is 7.06. The molecule has 0 aromatic heterocycles. The zero-order valence-corrected chi connectivity index (χ0v) is 17.4. The number of halogens is 2. The van der Waals surface area contributed by atoms with Crippen molar-refractivity contribution in [2.75, 3.05) is 0 Å². The molecule has 2 rings (SSSR count). The molecule has 0 heterocycles. The molecule has 0 radical (unpaired) electrons. The molecule has 136 valence electrons. The van der Waals surface area contributed by atoms with Gasteiger partial charge >= 0.3 is 0 Å². The molecule has 2 aliphatic rings. The Hall–Kier alpha value is 0.540. The second kappa shape index (κ2) is 7.42. The molecular weight excluding hydrogens is 327 g/mol. The summed E-state index contributed by atoms with van der Waals surface area (Å²) < 4.78 is 6.78. The van der Waals surface area contributed by atoms with Crippen LogP contribution in [0.3, 0.4) is 0 Å². The van der Waals surface area contributed by atoms with Crippen LogP contribution in [0.1, 0.15) is 80.1 Å². The van der Waals surface area contributed by atoms with Gasteiger partial charge in [-0.2, -0.15) is 0 Å². The van der Waals surface area contributed by atoms with Crippen LogP contribution in [0.5, 0.6) is 0 Å². The van der Waals surface area contributed by atoms with E-state index in [0.717, 1.165) is 25.7 Å². The summed E-state index contributed by atoms with van der Waals surface area (Å²) >= 11 is 13.4. The molecule has 0 aliphatic heterocycles. The number of alkyl halides is 2. The van der Waals surface area contributed by atoms with Gasteiger partial charge in [0, 0.05) is 9.75 Å². The summed E-state index contributed by atoms with van der Waals surface area (Å²) in [4.78, 5) is -0.218. The monoisotopic (exact) mass is 362 g/mol. The van der Waals surface area contributed by atoms with E-state index in [2.05, 4.69) is 41.5 Å².